The molecule has 0 saturated carbocycles. The van der Waals surface area contributed by atoms with Gasteiger partial charge in [-0.3, -0.25) is 9.10 Å². The molecule has 166 valence electrons. The molecule has 0 aliphatic rings. The van der Waals surface area contributed by atoms with Crippen LogP contribution in [-0.4, -0.2) is 47.1 Å². The molecule has 1 amide bonds. The van der Waals surface area contributed by atoms with Gasteiger partial charge in [0.2, 0.25) is 10.0 Å². The molecule has 0 radical (unpaired) electrons. The molecule has 0 aliphatic heterocycles. The van der Waals surface area contributed by atoms with Crippen molar-refractivity contribution in [3.63, 3.8) is 0 Å². The number of nitrogens with one attached hydrogen (secondary N) is 1. The lowest BCUT2D eigenvalue weighted by atomic mass is 10.1. The van der Waals surface area contributed by atoms with Gasteiger partial charge in [0.05, 0.1) is 25.3 Å². The predicted octanol–water partition coefficient (Wildman–Crippen LogP) is 2.79. The summed E-state index contributed by atoms with van der Waals surface area (Å²) in [7, 11) is -2.14. The van der Waals surface area contributed by atoms with Gasteiger partial charge in [-0.05, 0) is 60.9 Å². The fourth-order valence-corrected chi connectivity index (χ4v) is 3.51. The molecule has 0 atom stereocenters. The van der Waals surface area contributed by atoms with Gasteiger partial charge in [0.1, 0.15) is 13.2 Å². The normalized spacial score (nSPS) is 11.2. The lowest BCUT2D eigenvalue weighted by molar-refractivity contribution is -0.119. The summed E-state index contributed by atoms with van der Waals surface area (Å²) in [6.45, 7) is 7.36. The third-order valence-corrected chi connectivity index (χ3v) is 5.55. The molecule has 2 rings (SSSR count). The zero-order valence-corrected chi connectivity index (χ0v) is 18.9. The van der Waals surface area contributed by atoms with E-state index in [0.29, 0.717) is 29.4 Å². The van der Waals surface area contributed by atoms with Gasteiger partial charge in [-0.2, -0.15) is 5.10 Å². The van der Waals surface area contributed by atoms with Crippen LogP contribution < -0.4 is 19.2 Å². The van der Waals surface area contributed by atoms with Crippen molar-refractivity contribution in [3.05, 3.63) is 65.7 Å². The van der Waals surface area contributed by atoms with Crippen molar-refractivity contribution in [1.82, 2.24) is 5.43 Å². The van der Waals surface area contributed by atoms with Gasteiger partial charge in [0, 0.05) is 0 Å². The fraction of sp³-hybridized carbons (Fsp3) is 0.273. The lowest BCUT2D eigenvalue weighted by Gasteiger charge is -2.22. The number of carbonyl (C=O) groups is 1. The summed E-state index contributed by atoms with van der Waals surface area (Å²) in [5.74, 6) is 0.494. The highest BCUT2D eigenvalue weighted by atomic mass is 32.2. The number of ether oxygens (including phenoxy) is 2. The number of benzene rings is 2. The van der Waals surface area contributed by atoms with Crippen molar-refractivity contribution >= 4 is 27.8 Å². The van der Waals surface area contributed by atoms with Crippen LogP contribution in [0.2, 0.25) is 0 Å². The van der Waals surface area contributed by atoms with Crippen LogP contribution in [0.3, 0.4) is 0 Å². The van der Waals surface area contributed by atoms with E-state index in [-0.39, 0.29) is 0 Å². The van der Waals surface area contributed by atoms with Crippen LogP contribution in [0.15, 0.2) is 54.2 Å². The zero-order chi connectivity index (χ0) is 23.0. The SMILES string of the molecule is C=CCOc1ccc(/C=N\NC(=O)CN(c2ccc(C)c(C)c2)S(C)(=O)=O)cc1OC. The molecule has 0 spiro atoms. The highest BCUT2D eigenvalue weighted by Crippen LogP contribution is 2.27. The summed E-state index contributed by atoms with van der Waals surface area (Å²) < 4.78 is 36.2. The Balaban J connectivity index is 2.09. The van der Waals surface area contributed by atoms with Crippen LogP contribution in [0.5, 0.6) is 11.5 Å². The minimum Gasteiger partial charge on any atom is -0.493 e. The monoisotopic (exact) mass is 445 g/mol. The molecule has 0 saturated heterocycles. The first kappa shape index (κ1) is 23.9. The highest BCUT2D eigenvalue weighted by Gasteiger charge is 2.21. The maximum Gasteiger partial charge on any atom is 0.260 e. The number of hydrazone groups is 1. The van der Waals surface area contributed by atoms with E-state index in [9.17, 15) is 13.2 Å². The second-order valence-electron chi connectivity index (χ2n) is 6.84. The molecular weight excluding hydrogens is 418 g/mol. The molecule has 0 unspecified atom stereocenters. The van der Waals surface area contributed by atoms with Gasteiger partial charge in [0.25, 0.3) is 5.91 Å². The number of rotatable bonds is 10. The van der Waals surface area contributed by atoms with Gasteiger partial charge in [-0.25, -0.2) is 13.8 Å². The first-order valence-electron chi connectivity index (χ1n) is 9.44. The summed E-state index contributed by atoms with van der Waals surface area (Å²) in [6.07, 6.45) is 4.11. The van der Waals surface area contributed by atoms with Crippen molar-refractivity contribution in [2.45, 2.75) is 13.8 Å². The summed E-state index contributed by atoms with van der Waals surface area (Å²) in [4.78, 5) is 12.3. The van der Waals surface area contributed by atoms with E-state index < -0.39 is 22.5 Å². The van der Waals surface area contributed by atoms with Crippen molar-refractivity contribution in [3.8, 4) is 11.5 Å². The molecule has 2 aromatic rings. The first-order valence-corrected chi connectivity index (χ1v) is 11.3. The number of aryl methyl sites for hydroxylation is 2. The van der Waals surface area contributed by atoms with E-state index >= 15 is 0 Å². The Kier molecular flexibility index (Phi) is 8.21. The molecule has 0 bridgehead atoms. The van der Waals surface area contributed by atoms with Gasteiger partial charge in [-0.1, -0.05) is 18.7 Å². The second kappa shape index (κ2) is 10.6. The summed E-state index contributed by atoms with van der Waals surface area (Å²) in [6, 6.07) is 10.4. The Bertz CT molecular complexity index is 1080. The summed E-state index contributed by atoms with van der Waals surface area (Å²) >= 11 is 0. The third-order valence-electron chi connectivity index (χ3n) is 4.41. The first-order chi connectivity index (χ1) is 14.7. The number of hydrogen-bond acceptors (Lipinski definition) is 6. The van der Waals surface area contributed by atoms with E-state index in [0.717, 1.165) is 21.7 Å². The average Bonchev–Trinajstić information content (AvgIpc) is 2.72. The van der Waals surface area contributed by atoms with Crippen LogP contribution in [0, 0.1) is 13.8 Å². The third kappa shape index (κ3) is 6.85. The van der Waals surface area contributed by atoms with E-state index in [1.54, 1.807) is 36.4 Å². The number of anilines is 1. The van der Waals surface area contributed by atoms with Crippen molar-refractivity contribution in [1.29, 1.82) is 0 Å². The Hall–Kier alpha value is -3.33. The quantitative estimate of drug-likeness (QED) is 0.345. The summed E-state index contributed by atoms with van der Waals surface area (Å²) in [5, 5.41) is 3.91. The second-order valence-corrected chi connectivity index (χ2v) is 8.75. The molecule has 0 heterocycles. The summed E-state index contributed by atoms with van der Waals surface area (Å²) in [5.41, 5.74) is 5.40. The topological polar surface area (TPSA) is 97.3 Å². The van der Waals surface area contributed by atoms with E-state index in [1.165, 1.54) is 13.3 Å². The minimum absolute atomic E-state index is 0.344. The number of methoxy groups -OCH3 is 1. The van der Waals surface area contributed by atoms with Gasteiger partial charge in [-0.15, -0.1) is 0 Å². The molecular formula is C22H27N3O5S. The number of carbonyl (C=O) groups excluding carboxylic acids is 1. The van der Waals surface area contributed by atoms with Crippen molar-refractivity contribution < 1.29 is 22.7 Å². The van der Waals surface area contributed by atoms with Gasteiger partial charge < -0.3 is 9.47 Å². The Morgan fingerprint density at radius 3 is 2.52 bits per heavy atom. The predicted molar refractivity (Wildman–Crippen MR) is 123 cm³/mol. The van der Waals surface area contributed by atoms with Crippen LogP contribution in [0.4, 0.5) is 5.69 Å². The molecule has 0 aromatic heterocycles. The van der Waals surface area contributed by atoms with Crippen LogP contribution >= 0.6 is 0 Å². The molecule has 0 fully saturated rings. The van der Waals surface area contributed by atoms with E-state index in [1.807, 2.05) is 19.9 Å². The van der Waals surface area contributed by atoms with E-state index in [4.69, 9.17) is 9.47 Å². The smallest absolute Gasteiger partial charge is 0.260 e. The van der Waals surface area contributed by atoms with Gasteiger partial charge >= 0.3 is 0 Å². The average molecular weight is 446 g/mol. The number of nitrogens with zero attached hydrogens (tertiary/aromatic N) is 2. The number of sulfonamides is 1. The van der Waals surface area contributed by atoms with Crippen LogP contribution in [0.1, 0.15) is 16.7 Å². The largest absolute Gasteiger partial charge is 0.493 e. The zero-order valence-electron chi connectivity index (χ0n) is 18.1. The number of hydrogen-bond donors (Lipinski definition) is 1. The highest BCUT2D eigenvalue weighted by molar-refractivity contribution is 7.92. The maximum absolute atomic E-state index is 12.3. The molecule has 31 heavy (non-hydrogen) atoms. The Labute approximate surface area is 183 Å². The van der Waals surface area contributed by atoms with E-state index in [2.05, 4.69) is 17.1 Å². The fourth-order valence-electron chi connectivity index (χ4n) is 2.66. The molecule has 8 nitrogen and oxygen atoms in total. The molecule has 9 heteroatoms. The van der Waals surface area contributed by atoms with Crippen molar-refractivity contribution in [2.75, 3.05) is 30.8 Å². The van der Waals surface area contributed by atoms with Crippen molar-refractivity contribution in [2.24, 2.45) is 5.10 Å². The standard InChI is InChI=1S/C22H27N3O5S/c1-6-11-30-20-10-8-18(13-21(20)29-4)14-23-24-22(26)15-25(31(5,27)28)19-9-7-16(2)17(3)12-19/h6-10,12-14H,1,11,15H2,2-5H3,(H,24,26)/b23-14-. The number of amides is 1. The van der Waals surface area contributed by atoms with Crippen LogP contribution in [-0.2, 0) is 14.8 Å². The Morgan fingerprint density at radius 2 is 1.90 bits per heavy atom. The maximum atomic E-state index is 12.3. The van der Waals surface area contributed by atoms with Crippen LogP contribution in [0.25, 0.3) is 0 Å². The van der Waals surface area contributed by atoms with Gasteiger partial charge in [0.15, 0.2) is 11.5 Å². The molecule has 1 N–H and O–H groups in total. The minimum atomic E-state index is -3.66. The molecule has 2 aromatic carbocycles. The lowest BCUT2D eigenvalue weighted by Crippen LogP contribution is -2.39. The molecule has 0 aliphatic carbocycles. The Morgan fingerprint density at radius 1 is 1.16 bits per heavy atom.